The Kier molecular flexibility index (Phi) is 61.2. The van der Waals surface area contributed by atoms with E-state index in [-0.39, 0.29) is 31.5 Å². The number of phosphoric acid groups is 1. The monoisotopic (exact) mass is 1210 g/mol. The molecule has 0 aromatic rings. The maximum absolute atomic E-state index is 13.6. The van der Waals surface area contributed by atoms with Gasteiger partial charge in [-0.05, 0) is 115 Å². The van der Waals surface area contributed by atoms with Crippen LogP contribution in [-0.4, -0.2) is 74.3 Å². The van der Waals surface area contributed by atoms with Crippen LogP contribution in [0.4, 0.5) is 0 Å². The largest absolute Gasteiger partial charge is 0.472 e. The number of allylic oxidation sites excluding steroid dienone is 17. The topological polar surface area (TPSA) is 111 Å². The fourth-order valence-corrected chi connectivity index (χ4v) is 10.5. The Morgan fingerprint density at radius 1 is 0.424 bits per heavy atom. The zero-order valence-corrected chi connectivity index (χ0v) is 57.0. The molecular formula is C75H134N2O7P+. The predicted octanol–water partition coefficient (Wildman–Crippen LogP) is 22.5. The average Bonchev–Trinajstić information content (AvgIpc) is 3.50. The highest BCUT2D eigenvalue weighted by Crippen LogP contribution is 2.43. The van der Waals surface area contributed by atoms with E-state index in [2.05, 4.69) is 123 Å². The van der Waals surface area contributed by atoms with Gasteiger partial charge < -0.3 is 19.4 Å². The lowest BCUT2D eigenvalue weighted by molar-refractivity contribution is -0.870. The lowest BCUT2D eigenvalue weighted by atomic mass is 10.0. The summed E-state index contributed by atoms with van der Waals surface area (Å²) < 4.78 is 30.8. The third kappa shape index (κ3) is 65.0. The number of amides is 1. The maximum atomic E-state index is 13.6. The molecule has 9 nitrogen and oxygen atoms in total. The van der Waals surface area contributed by atoms with Crippen LogP contribution in [0.2, 0.25) is 0 Å². The van der Waals surface area contributed by atoms with Crippen LogP contribution in [0.25, 0.3) is 0 Å². The highest BCUT2D eigenvalue weighted by atomic mass is 31.2. The molecule has 0 radical (unpaired) electrons. The number of carbonyl (C=O) groups is 2. The number of hydrogen-bond donors (Lipinski definition) is 2. The smallest absolute Gasteiger partial charge is 0.456 e. The van der Waals surface area contributed by atoms with Crippen molar-refractivity contribution in [3.63, 3.8) is 0 Å². The van der Waals surface area contributed by atoms with Crippen molar-refractivity contribution in [2.24, 2.45) is 0 Å². The van der Waals surface area contributed by atoms with Crippen molar-refractivity contribution in [2.75, 3.05) is 40.9 Å². The molecule has 0 spiro atoms. The van der Waals surface area contributed by atoms with Crippen molar-refractivity contribution in [1.29, 1.82) is 0 Å². The van der Waals surface area contributed by atoms with Gasteiger partial charge in [-0.2, -0.15) is 0 Å². The van der Waals surface area contributed by atoms with Crippen LogP contribution >= 0.6 is 7.82 Å². The summed E-state index contributed by atoms with van der Waals surface area (Å²) >= 11 is 0. The standard InChI is InChI=1S/C75H133N2O7P/c1-7-10-13-16-19-22-25-28-30-32-34-35-36-37-38-39-40-41-43-45-47-50-53-56-59-62-65-68-75(79)84-73(66-63-60-57-54-51-48-27-24-21-18-15-12-9-3)72(71-83-85(80,81)82-70-69-77(4,5)6)76-74(78)67-64-61-58-55-52-49-46-44-42-33-31-29-26-23-20-17-14-11-8-2/h10,13,19-20,22-23,28-31,34-35,37-38,42,44,63,66,72-73H,7-9,11-12,14-18,21,24-27,32-33,36,39-41,43,45-62,64-65,67-71H2,1-6H3,(H-,76,78,80,81)/p+1/b13-10-,22-19-,23-20-,30-28-,31-29-,35-34-,38-37-,44-42-,66-63-. The van der Waals surface area contributed by atoms with Crippen molar-refractivity contribution in [3.05, 3.63) is 109 Å². The van der Waals surface area contributed by atoms with Crippen molar-refractivity contribution < 1.29 is 37.3 Å². The summed E-state index contributed by atoms with van der Waals surface area (Å²) in [4.78, 5) is 37.9. The van der Waals surface area contributed by atoms with Gasteiger partial charge in [-0.15, -0.1) is 0 Å². The first-order valence-electron chi connectivity index (χ1n) is 35.2. The van der Waals surface area contributed by atoms with E-state index in [0.29, 0.717) is 17.4 Å². The molecule has 0 aromatic heterocycles. The number of quaternary nitrogens is 1. The Balaban J connectivity index is 5.13. The van der Waals surface area contributed by atoms with Crippen molar-refractivity contribution >= 4 is 19.7 Å². The van der Waals surface area contributed by atoms with Crippen LogP contribution in [0.5, 0.6) is 0 Å². The predicted molar refractivity (Wildman–Crippen MR) is 369 cm³/mol. The quantitative estimate of drug-likeness (QED) is 0.0205. The third-order valence-electron chi connectivity index (χ3n) is 15.2. The zero-order valence-electron chi connectivity index (χ0n) is 56.1. The summed E-state index contributed by atoms with van der Waals surface area (Å²) in [5.74, 6) is -0.522. The molecule has 0 heterocycles. The van der Waals surface area contributed by atoms with Gasteiger partial charge >= 0.3 is 13.8 Å². The van der Waals surface area contributed by atoms with Crippen molar-refractivity contribution in [3.8, 4) is 0 Å². The fourth-order valence-electron chi connectivity index (χ4n) is 9.80. The first kappa shape index (κ1) is 81.7. The second-order valence-corrected chi connectivity index (χ2v) is 26.1. The Hall–Kier alpha value is -3.33. The first-order valence-corrected chi connectivity index (χ1v) is 36.7. The summed E-state index contributed by atoms with van der Waals surface area (Å²) in [6, 6.07) is -0.864. The number of carbonyl (C=O) groups excluding carboxylic acids is 2. The Labute approximate surface area is 525 Å². The SMILES string of the molecule is CC/C=C\C/C=C\C/C=C\C/C=C\C/C=C\CCCCCCCCCCCCCC(=O)OC(/C=C\CCCCCCCCCCCCC)C(COP(=O)(O)OCC[N+](C)(C)C)NC(=O)CCCCCCCC/C=C\C/C=C\C/C=C\CCCCC. The van der Waals surface area contributed by atoms with E-state index in [0.717, 1.165) is 116 Å². The van der Waals surface area contributed by atoms with Crippen molar-refractivity contribution in [2.45, 2.75) is 315 Å². The molecule has 3 unspecified atom stereocenters. The summed E-state index contributed by atoms with van der Waals surface area (Å²) in [7, 11) is 1.48. The Morgan fingerprint density at radius 2 is 0.753 bits per heavy atom. The summed E-state index contributed by atoms with van der Waals surface area (Å²) in [6.07, 6.45) is 88.0. The third-order valence-corrected chi connectivity index (χ3v) is 16.2. The number of likely N-dealkylation sites (N-methyl/N-ethyl adjacent to an activating group) is 1. The summed E-state index contributed by atoms with van der Waals surface area (Å²) in [5, 5.41) is 3.06. The van der Waals surface area contributed by atoms with E-state index in [4.69, 9.17) is 13.8 Å². The number of nitrogens with zero attached hydrogens (tertiary/aromatic N) is 1. The molecule has 0 bridgehead atoms. The number of nitrogens with one attached hydrogen (secondary N) is 1. The van der Waals surface area contributed by atoms with Gasteiger partial charge in [0.2, 0.25) is 5.91 Å². The van der Waals surface area contributed by atoms with Crippen LogP contribution in [-0.2, 0) is 27.9 Å². The van der Waals surface area contributed by atoms with Gasteiger partial charge in [0.25, 0.3) is 0 Å². The number of phosphoric ester groups is 1. The van der Waals surface area contributed by atoms with Crippen molar-refractivity contribution in [1.82, 2.24) is 5.32 Å². The van der Waals surface area contributed by atoms with Gasteiger partial charge in [0, 0.05) is 12.8 Å². The van der Waals surface area contributed by atoms with Crippen LogP contribution in [0.3, 0.4) is 0 Å². The molecule has 0 aliphatic carbocycles. The zero-order chi connectivity index (χ0) is 62.1. The number of esters is 1. The minimum Gasteiger partial charge on any atom is -0.456 e. The molecule has 0 aromatic carbocycles. The molecular weight excluding hydrogens is 1070 g/mol. The molecule has 2 N–H and O–H groups in total. The molecule has 1 amide bonds. The molecule has 0 aliphatic rings. The van der Waals surface area contributed by atoms with Crippen LogP contribution < -0.4 is 5.32 Å². The fraction of sp³-hybridized carbons (Fsp3) is 0.733. The molecule has 85 heavy (non-hydrogen) atoms. The van der Waals surface area contributed by atoms with E-state index in [1.807, 2.05) is 33.3 Å². The maximum Gasteiger partial charge on any atom is 0.472 e. The van der Waals surface area contributed by atoms with E-state index >= 15 is 0 Å². The lowest BCUT2D eigenvalue weighted by Crippen LogP contribution is -2.47. The number of rotatable bonds is 63. The summed E-state index contributed by atoms with van der Waals surface area (Å²) in [6.45, 7) is 6.88. The molecule has 0 fully saturated rings. The molecule has 0 saturated heterocycles. The second kappa shape index (κ2) is 63.7. The minimum atomic E-state index is -4.47. The van der Waals surface area contributed by atoms with Gasteiger partial charge in [0.1, 0.15) is 19.3 Å². The normalized spacial score (nSPS) is 14.2. The van der Waals surface area contributed by atoms with Crippen LogP contribution in [0.15, 0.2) is 109 Å². The summed E-state index contributed by atoms with van der Waals surface area (Å²) in [5.41, 5.74) is 0. The molecule has 0 rings (SSSR count). The molecule has 10 heteroatoms. The Morgan fingerprint density at radius 3 is 1.15 bits per heavy atom. The van der Waals surface area contributed by atoms with Gasteiger partial charge in [-0.3, -0.25) is 18.6 Å². The van der Waals surface area contributed by atoms with E-state index in [9.17, 15) is 19.0 Å². The van der Waals surface area contributed by atoms with E-state index in [1.54, 1.807) is 0 Å². The number of unbranched alkanes of at least 4 members (excludes halogenated alkanes) is 31. The van der Waals surface area contributed by atoms with Crippen LogP contribution in [0, 0.1) is 0 Å². The van der Waals surface area contributed by atoms with E-state index in [1.165, 1.54) is 154 Å². The van der Waals surface area contributed by atoms with Gasteiger partial charge in [0.05, 0.1) is 33.8 Å². The second-order valence-electron chi connectivity index (χ2n) is 24.7. The van der Waals surface area contributed by atoms with Gasteiger partial charge in [-0.25, -0.2) is 4.57 Å². The van der Waals surface area contributed by atoms with Gasteiger partial charge in [-0.1, -0.05) is 285 Å². The number of ether oxygens (including phenoxy) is 1. The van der Waals surface area contributed by atoms with Gasteiger partial charge in [0.15, 0.2) is 0 Å². The minimum absolute atomic E-state index is 0.0327. The Bertz CT molecular complexity index is 1820. The molecule has 0 aliphatic heterocycles. The highest BCUT2D eigenvalue weighted by molar-refractivity contribution is 7.47. The average molecular weight is 1210 g/mol. The lowest BCUT2D eigenvalue weighted by Gasteiger charge is -2.27. The first-order chi connectivity index (χ1) is 41.4. The molecule has 490 valence electrons. The van der Waals surface area contributed by atoms with E-state index < -0.39 is 20.0 Å². The molecule has 3 atom stereocenters. The number of hydrogen-bond acceptors (Lipinski definition) is 6. The molecule has 0 saturated carbocycles. The van der Waals surface area contributed by atoms with Crippen LogP contribution in [0.1, 0.15) is 303 Å². The highest BCUT2D eigenvalue weighted by Gasteiger charge is 2.30.